The highest BCUT2D eigenvalue weighted by Crippen LogP contribution is 2.13. The van der Waals surface area contributed by atoms with Crippen LogP contribution in [0.3, 0.4) is 0 Å². The first kappa shape index (κ1) is 14.2. The number of carbonyl (C=O) groups is 1. The lowest BCUT2D eigenvalue weighted by Gasteiger charge is -2.23. The van der Waals surface area contributed by atoms with E-state index >= 15 is 0 Å². The lowest BCUT2D eigenvalue weighted by atomic mass is 10.2. The first-order chi connectivity index (χ1) is 9.69. The highest BCUT2D eigenvalue weighted by Gasteiger charge is 2.09. The van der Waals surface area contributed by atoms with Crippen LogP contribution in [0.25, 0.3) is 0 Å². The zero-order valence-corrected chi connectivity index (χ0v) is 11.9. The molecule has 0 spiro atoms. The quantitative estimate of drug-likeness (QED) is 0.822. The smallest absolute Gasteiger partial charge is 0.238 e. The number of hydrazine groups is 1. The van der Waals surface area contributed by atoms with Crippen LogP contribution >= 0.6 is 0 Å². The van der Waals surface area contributed by atoms with E-state index in [1.807, 2.05) is 55.3 Å². The van der Waals surface area contributed by atoms with Crippen molar-refractivity contribution in [3.05, 3.63) is 54.0 Å². The Balaban J connectivity index is 1.89. The van der Waals surface area contributed by atoms with Gasteiger partial charge in [-0.05, 0) is 38.1 Å². The Hall–Kier alpha value is -2.23. The highest BCUT2D eigenvalue weighted by molar-refractivity contribution is 5.78. The van der Waals surface area contributed by atoms with Gasteiger partial charge in [-0.15, -0.1) is 0 Å². The molecule has 1 aromatic carbocycles. The monoisotopic (exact) mass is 272 g/mol. The fourth-order valence-corrected chi connectivity index (χ4v) is 1.95. The molecule has 0 aliphatic carbocycles. The number of aryl methyl sites for hydroxylation is 2. The number of hydrogen-bond acceptors (Lipinski definition) is 3. The molecular weight excluding hydrogens is 252 g/mol. The Morgan fingerprint density at radius 2 is 2.00 bits per heavy atom. The summed E-state index contributed by atoms with van der Waals surface area (Å²) in [7, 11) is 0. The summed E-state index contributed by atoms with van der Waals surface area (Å²) in [6.45, 7) is 4.77. The van der Waals surface area contributed by atoms with Gasteiger partial charge in [-0.1, -0.05) is 17.7 Å². The predicted octanol–water partition coefficient (Wildman–Crippen LogP) is 3.08. The first-order valence-electron chi connectivity index (χ1n) is 6.85. The fourth-order valence-electron chi connectivity index (χ4n) is 1.95. The van der Waals surface area contributed by atoms with Crippen LogP contribution in [0.4, 0.5) is 5.69 Å². The van der Waals surface area contributed by atoms with Crippen LogP contribution in [0.1, 0.15) is 24.7 Å². The average molecular weight is 272 g/mol. The van der Waals surface area contributed by atoms with Crippen LogP contribution in [0, 0.1) is 6.92 Å². The van der Waals surface area contributed by atoms with Crippen molar-refractivity contribution < 1.29 is 9.21 Å². The molecule has 0 radical (unpaired) electrons. The summed E-state index contributed by atoms with van der Waals surface area (Å²) in [6, 6.07) is 11.8. The summed E-state index contributed by atoms with van der Waals surface area (Å²) < 4.78 is 5.22. The third-order valence-electron chi connectivity index (χ3n) is 3.10. The molecule has 0 aliphatic rings. The average Bonchev–Trinajstić information content (AvgIpc) is 2.97. The van der Waals surface area contributed by atoms with E-state index in [0.29, 0.717) is 12.8 Å². The van der Waals surface area contributed by atoms with E-state index in [9.17, 15) is 4.79 Å². The number of carbonyl (C=O) groups excluding carboxylic acids is 1. The van der Waals surface area contributed by atoms with E-state index in [2.05, 4.69) is 5.43 Å². The number of hydrogen-bond donors (Lipinski definition) is 1. The fraction of sp³-hybridized carbons (Fsp3) is 0.312. The minimum Gasteiger partial charge on any atom is -0.469 e. The molecule has 2 aromatic rings. The molecular formula is C16H20N2O2. The van der Waals surface area contributed by atoms with Crippen molar-refractivity contribution in [2.24, 2.45) is 0 Å². The van der Waals surface area contributed by atoms with Gasteiger partial charge < -0.3 is 4.42 Å². The molecule has 106 valence electrons. The van der Waals surface area contributed by atoms with E-state index in [4.69, 9.17) is 4.42 Å². The molecule has 0 saturated heterocycles. The summed E-state index contributed by atoms with van der Waals surface area (Å²) in [5.41, 5.74) is 5.11. The number of nitrogens with zero attached hydrogens (tertiary/aromatic N) is 1. The lowest BCUT2D eigenvalue weighted by Crippen LogP contribution is -2.42. The molecule has 0 unspecified atom stereocenters. The topological polar surface area (TPSA) is 45.5 Å². The van der Waals surface area contributed by atoms with Gasteiger partial charge >= 0.3 is 0 Å². The third-order valence-corrected chi connectivity index (χ3v) is 3.10. The van der Waals surface area contributed by atoms with Gasteiger partial charge in [0.2, 0.25) is 5.91 Å². The molecule has 0 saturated carbocycles. The molecule has 1 heterocycles. The number of benzene rings is 1. The Morgan fingerprint density at radius 1 is 1.25 bits per heavy atom. The molecule has 4 heteroatoms. The zero-order valence-electron chi connectivity index (χ0n) is 11.9. The van der Waals surface area contributed by atoms with Gasteiger partial charge in [0, 0.05) is 19.4 Å². The summed E-state index contributed by atoms with van der Waals surface area (Å²) in [6.07, 6.45) is 2.65. The molecule has 0 fully saturated rings. The minimum absolute atomic E-state index is 0.0103. The number of nitrogens with one attached hydrogen (secondary N) is 1. The van der Waals surface area contributed by atoms with E-state index in [1.165, 1.54) is 5.56 Å². The second kappa shape index (κ2) is 6.80. The van der Waals surface area contributed by atoms with E-state index < -0.39 is 0 Å². The van der Waals surface area contributed by atoms with E-state index in [-0.39, 0.29) is 5.91 Å². The Labute approximate surface area is 119 Å². The molecule has 0 aliphatic heterocycles. The summed E-state index contributed by atoms with van der Waals surface area (Å²) >= 11 is 0. The van der Waals surface area contributed by atoms with Gasteiger partial charge in [0.25, 0.3) is 0 Å². The molecule has 0 atom stereocenters. The standard InChI is InChI=1S/C16H20N2O2/c1-3-18(14-8-6-13(2)7-9-14)17-16(19)11-10-15-5-4-12-20-15/h4-9,12H,3,10-11H2,1-2H3,(H,17,19). The molecule has 1 amide bonds. The highest BCUT2D eigenvalue weighted by atomic mass is 16.3. The lowest BCUT2D eigenvalue weighted by molar-refractivity contribution is -0.121. The Morgan fingerprint density at radius 3 is 2.60 bits per heavy atom. The van der Waals surface area contributed by atoms with Crippen molar-refractivity contribution in [3.63, 3.8) is 0 Å². The number of amides is 1. The maximum atomic E-state index is 12.0. The second-order valence-electron chi connectivity index (χ2n) is 4.69. The van der Waals surface area contributed by atoms with Crippen molar-refractivity contribution in [3.8, 4) is 0 Å². The van der Waals surface area contributed by atoms with E-state index in [0.717, 1.165) is 18.0 Å². The van der Waals surface area contributed by atoms with Gasteiger partial charge in [-0.25, -0.2) is 0 Å². The SMILES string of the molecule is CCN(NC(=O)CCc1ccco1)c1ccc(C)cc1. The van der Waals surface area contributed by atoms with Crippen LogP contribution in [0.5, 0.6) is 0 Å². The van der Waals surface area contributed by atoms with Gasteiger partial charge in [-0.2, -0.15) is 0 Å². The zero-order chi connectivity index (χ0) is 14.4. The summed E-state index contributed by atoms with van der Waals surface area (Å²) in [5, 5.41) is 1.85. The maximum Gasteiger partial charge on any atom is 0.238 e. The second-order valence-corrected chi connectivity index (χ2v) is 4.69. The van der Waals surface area contributed by atoms with Crippen molar-refractivity contribution in [1.82, 2.24) is 5.43 Å². The summed E-state index contributed by atoms with van der Waals surface area (Å²) in [4.78, 5) is 12.0. The molecule has 2 rings (SSSR count). The van der Waals surface area contributed by atoms with Crippen LogP contribution in [0.2, 0.25) is 0 Å². The number of rotatable bonds is 6. The Bertz CT molecular complexity index is 532. The first-order valence-corrected chi connectivity index (χ1v) is 6.85. The van der Waals surface area contributed by atoms with Crippen molar-refractivity contribution in [2.75, 3.05) is 11.6 Å². The maximum absolute atomic E-state index is 12.0. The number of anilines is 1. The normalized spacial score (nSPS) is 10.3. The van der Waals surface area contributed by atoms with Crippen LogP contribution in [-0.2, 0) is 11.2 Å². The van der Waals surface area contributed by atoms with Gasteiger partial charge in [0.05, 0.1) is 12.0 Å². The molecule has 1 N–H and O–H groups in total. The Kier molecular flexibility index (Phi) is 4.82. The van der Waals surface area contributed by atoms with Crippen molar-refractivity contribution >= 4 is 11.6 Å². The largest absolute Gasteiger partial charge is 0.469 e. The predicted molar refractivity (Wildman–Crippen MR) is 79.4 cm³/mol. The van der Waals surface area contributed by atoms with Crippen molar-refractivity contribution in [1.29, 1.82) is 0 Å². The van der Waals surface area contributed by atoms with Crippen molar-refractivity contribution in [2.45, 2.75) is 26.7 Å². The van der Waals surface area contributed by atoms with E-state index in [1.54, 1.807) is 6.26 Å². The van der Waals surface area contributed by atoms with Crippen LogP contribution < -0.4 is 10.4 Å². The minimum atomic E-state index is -0.0103. The molecule has 20 heavy (non-hydrogen) atoms. The van der Waals surface area contributed by atoms with Crippen LogP contribution in [0.15, 0.2) is 47.1 Å². The van der Waals surface area contributed by atoms with Gasteiger partial charge in [-0.3, -0.25) is 15.2 Å². The van der Waals surface area contributed by atoms with Gasteiger partial charge in [0.15, 0.2) is 0 Å². The van der Waals surface area contributed by atoms with Gasteiger partial charge in [0.1, 0.15) is 5.76 Å². The third kappa shape index (κ3) is 3.88. The van der Waals surface area contributed by atoms with Crippen LogP contribution in [-0.4, -0.2) is 12.5 Å². The molecule has 0 bridgehead atoms. The molecule has 4 nitrogen and oxygen atoms in total. The number of furan rings is 1. The molecule has 1 aromatic heterocycles. The summed E-state index contributed by atoms with van der Waals surface area (Å²) in [5.74, 6) is 0.822.